The molecular formula is C8H6BrN3O2S. The molecule has 7 heteroatoms. The first-order valence-electron chi connectivity index (χ1n) is 4.01. The van der Waals surface area contributed by atoms with Crippen LogP contribution in [-0.4, -0.2) is 25.8 Å². The van der Waals surface area contributed by atoms with Gasteiger partial charge in [0.05, 0.1) is 18.3 Å². The second-order valence-corrected chi connectivity index (χ2v) is 4.55. The summed E-state index contributed by atoms with van der Waals surface area (Å²) >= 11 is 4.75. The minimum Gasteiger partial charge on any atom is -0.478 e. The summed E-state index contributed by atoms with van der Waals surface area (Å²) in [5.74, 6) is -0.971. The Labute approximate surface area is 97.5 Å². The van der Waals surface area contributed by atoms with Crippen LogP contribution in [0, 0.1) is 0 Å². The van der Waals surface area contributed by atoms with Crippen LogP contribution in [0.3, 0.4) is 0 Å². The number of thiazole rings is 1. The fraction of sp³-hybridized carbons (Fsp3) is 0.125. The van der Waals surface area contributed by atoms with E-state index in [9.17, 15) is 4.79 Å². The molecule has 2 heterocycles. The number of carboxylic acids is 1. The van der Waals surface area contributed by atoms with Crippen LogP contribution in [0.4, 0.5) is 0 Å². The van der Waals surface area contributed by atoms with Crippen LogP contribution < -0.4 is 0 Å². The lowest BCUT2D eigenvalue weighted by Crippen LogP contribution is -1.99. The molecular weight excluding hydrogens is 282 g/mol. The van der Waals surface area contributed by atoms with Crippen molar-refractivity contribution < 1.29 is 9.90 Å². The molecule has 0 aromatic carbocycles. The van der Waals surface area contributed by atoms with Gasteiger partial charge in [0.2, 0.25) is 0 Å². The van der Waals surface area contributed by atoms with Gasteiger partial charge in [0, 0.05) is 11.6 Å². The summed E-state index contributed by atoms with van der Waals surface area (Å²) in [6, 6.07) is 0. The van der Waals surface area contributed by atoms with E-state index in [1.54, 1.807) is 4.68 Å². The van der Waals surface area contributed by atoms with Gasteiger partial charge in [0.15, 0.2) is 0 Å². The molecule has 1 N–H and O–H groups in total. The number of hydrogen-bond donors (Lipinski definition) is 1. The van der Waals surface area contributed by atoms with Gasteiger partial charge in [-0.3, -0.25) is 4.68 Å². The third-order valence-electron chi connectivity index (χ3n) is 1.70. The standard InChI is InChI=1S/C8H6BrN3O2S/c9-6-4-15-7(11-6)3-12-2-5(1-10-12)8(13)14/h1-2,4H,3H2,(H,13,14). The molecule has 0 aliphatic heterocycles. The monoisotopic (exact) mass is 287 g/mol. The summed E-state index contributed by atoms with van der Waals surface area (Å²) in [4.78, 5) is 14.8. The lowest BCUT2D eigenvalue weighted by molar-refractivity contribution is 0.0697. The molecule has 0 saturated carbocycles. The average molecular weight is 288 g/mol. The lowest BCUT2D eigenvalue weighted by Gasteiger charge is -1.95. The van der Waals surface area contributed by atoms with E-state index in [0.29, 0.717) is 6.54 Å². The quantitative estimate of drug-likeness (QED) is 0.935. The second kappa shape index (κ2) is 4.11. The summed E-state index contributed by atoms with van der Waals surface area (Å²) in [6.07, 6.45) is 2.81. The number of carbonyl (C=O) groups is 1. The van der Waals surface area contributed by atoms with Gasteiger partial charge in [-0.05, 0) is 15.9 Å². The normalized spacial score (nSPS) is 10.5. The molecule has 2 aromatic heterocycles. The molecule has 0 unspecified atom stereocenters. The number of aromatic carboxylic acids is 1. The Kier molecular flexibility index (Phi) is 2.83. The predicted octanol–water partition coefficient (Wildman–Crippen LogP) is 1.85. The third-order valence-corrected chi connectivity index (χ3v) is 3.24. The van der Waals surface area contributed by atoms with Crippen molar-refractivity contribution in [1.82, 2.24) is 14.8 Å². The SMILES string of the molecule is O=C(O)c1cnn(Cc2nc(Br)cs2)c1. The molecule has 0 radical (unpaired) electrons. The number of carboxylic acid groups (broad SMARTS) is 1. The van der Waals surface area contributed by atoms with Crippen molar-refractivity contribution in [3.05, 3.63) is 32.9 Å². The second-order valence-electron chi connectivity index (χ2n) is 2.80. The predicted molar refractivity (Wildman–Crippen MR) is 58.1 cm³/mol. The van der Waals surface area contributed by atoms with Crippen molar-refractivity contribution in [1.29, 1.82) is 0 Å². The van der Waals surface area contributed by atoms with Gasteiger partial charge >= 0.3 is 5.97 Å². The lowest BCUT2D eigenvalue weighted by atomic mass is 10.4. The fourth-order valence-electron chi connectivity index (χ4n) is 1.06. The van der Waals surface area contributed by atoms with Gasteiger partial charge in [-0.1, -0.05) is 0 Å². The maximum Gasteiger partial charge on any atom is 0.338 e. The van der Waals surface area contributed by atoms with E-state index in [1.807, 2.05) is 5.38 Å². The van der Waals surface area contributed by atoms with Gasteiger partial charge in [0.25, 0.3) is 0 Å². The van der Waals surface area contributed by atoms with Crippen LogP contribution in [0.25, 0.3) is 0 Å². The smallest absolute Gasteiger partial charge is 0.338 e. The van der Waals surface area contributed by atoms with Gasteiger partial charge in [-0.25, -0.2) is 9.78 Å². The molecule has 2 aromatic rings. The summed E-state index contributed by atoms with van der Waals surface area (Å²) in [7, 11) is 0. The van der Waals surface area contributed by atoms with Gasteiger partial charge in [-0.15, -0.1) is 11.3 Å². The van der Waals surface area contributed by atoms with E-state index in [-0.39, 0.29) is 5.56 Å². The Bertz CT molecular complexity index is 494. The highest BCUT2D eigenvalue weighted by Gasteiger charge is 2.07. The Morgan fingerprint density at radius 3 is 3.00 bits per heavy atom. The molecule has 0 atom stereocenters. The summed E-state index contributed by atoms with van der Waals surface area (Å²) in [6.45, 7) is 0.490. The largest absolute Gasteiger partial charge is 0.478 e. The van der Waals surface area contributed by atoms with Crippen LogP contribution in [0.1, 0.15) is 15.4 Å². The first-order chi connectivity index (χ1) is 7.15. The van der Waals surface area contributed by atoms with Crippen molar-refractivity contribution >= 4 is 33.2 Å². The Balaban J connectivity index is 2.14. The van der Waals surface area contributed by atoms with E-state index in [2.05, 4.69) is 26.0 Å². The maximum absolute atomic E-state index is 10.6. The third kappa shape index (κ3) is 2.42. The van der Waals surface area contributed by atoms with Crippen molar-refractivity contribution in [2.75, 3.05) is 0 Å². The van der Waals surface area contributed by atoms with Gasteiger partial charge < -0.3 is 5.11 Å². The summed E-state index contributed by atoms with van der Waals surface area (Å²) in [5, 5.41) is 15.4. The fourth-order valence-corrected chi connectivity index (χ4v) is 2.32. The van der Waals surface area contributed by atoms with Gasteiger partial charge in [-0.2, -0.15) is 5.10 Å². The topological polar surface area (TPSA) is 68.0 Å². The Morgan fingerprint density at radius 2 is 2.47 bits per heavy atom. The zero-order valence-corrected chi connectivity index (χ0v) is 9.82. The zero-order chi connectivity index (χ0) is 10.8. The molecule has 0 bridgehead atoms. The van der Waals surface area contributed by atoms with Crippen LogP contribution in [0.2, 0.25) is 0 Å². The number of rotatable bonds is 3. The zero-order valence-electron chi connectivity index (χ0n) is 7.42. The van der Waals surface area contributed by atoms with Crippen LogP contribution in [-0.2, 0) is 6.54 Å². The average Bonchev–Trinajstić information content (AvgIpc) is 2.76. The number of nitrogens with zero attached hydrogens (tertiary/aromatic N) is 3. The van der Waals surface area contributed by atoms with Crippen LogP contribution in [0.15, 0.2) is 22.4 Å². The minimum absolute atomic E-state index is 0.186. The number of hydrogen-bond acceptors (Lipinski definition) is 4. The van der Waals surface area contributed by atoms with E-state index in [1.165, 1.54) is 23.7 Å². The highest BCUT2D eigenvalue weighted by atomic mass is 79.9. The Hall–Kier alpha value is -1.21. The van der Waals surface area contributed by atoms with Crippen molar-refractivity contribution in [3.8, 4) is 0 Å². The molecule has 0 spiro atoms. The van der Waals surface area contributed by atoms with Crippen molar-refractivity contribution in [2.24, 2.45) is 0 Å². The molecule has 0 saturated heterocycles. The van der Waals surface area contributed by atoms with Crippen molar-refractivity contribution in [3.63, 3.8) is 0 Å². The molecule has 2 rings (SSSR count). The number of halogens is 1. The molecule has 0 aliphatic rings. The Morgan fingerprint density at radius 1 is 1.67 bits per heavy atom. The highest BCUT2D eigenvalue weighted by Crippen LogP contribution is 2.15. The number of aromatic nitrogens is 3. The van der Waals surface area contributed by atoms with E-state index < -0.39 is 5.97 Å². The molecule has 78 valence electrons. The van der Waals surface area contributed by atoms with Crippen molar-refractivity contribution in [2.45, 2.75) is 6.54 Å². The highest BCUT2D eigenvalue weighted by molar-refractivity contribution is 9.10. The minimum atomic E-state index is -0.971. The van der Waals surface area contributed by atoms with Gasteiger partial charge in [0.1, 0.15) is 9.61 Å². The molecule has 15 heavy (non-hydrogen) atoms. The maximum atomic E-state index is 10.6. The van der Waals surface area contributed by atoms with E-state index in [0.717, 1.165) is 9.61 Å². The van der Waals surface area contributed by atoms with Crippen LogP contribution >= 0.6 is 27.3 Å². The van der Waals surface area contributed by atoms with E-state index >= 15 is 0 Å². The molecule has 0 fully saturated rings. The van der Waals surface area contributed by atoms with E-state index in [4.69, 9.17) is 5.11 Å². The molecule has 5 nitrogen and oxygen atoms in total. The molecule has 0 aliphatic carbocycles. The summed E-state index contributed by atoms with van der Waals surface area (Å²) in [5.41, 5.74) is 0.186. The first-order valence-corrected chi connectivity index (χ1v) is 5.68. The molecule has 0 amide bonds. The van der Waals surface area contributed by atoms with Crippen LogP contribution in [0.5, 0.6) is 0 Å². The first kappa shape index (κ1) is 10.3. The summed E-state index contributed by atoms with van der Waals surface area (Å²) < 4.78 is 2.34.